The molecule has 392 valence electrons. The molecule has 0 atom stereocenters. The molecule has 0 unspecified atom stereocenters. The highest BCUT2D eigenvalue weighted by atomic mass is 16.5. The van der Waals surface area contributed by atoms with Crippen molar-refractivity contribution in [1.29, 1.82) is 0 Å². The van der Waals surface area contributed by atoms with Crippen molar-refractivity contribution in [3.05, 3.63) is 115 Å². The van der Waals surface area contributed by atoms with E-state index in [1.54, 1.807) is 0 Å². The fourth-order valence-electron chi connectivity index (χ4n) is 10.5. The molecule has 8 bridgehead atoms. The van der Waals surface area contributed by atoms with Gasteiger partial charge in [-0.1, -0.05) is 144 Å². The number of rotatable bonds is 12. The van der Waals surface area contributed by atoms with Crippen LogP contribution < -0.4 is 20.1 Å². The monoisotopic (exact) mass is 985 g/mol. The molecule has 2 amide bonds. The van der Waals surface area contributed by atoms with Gasteiger partial charge in [0.25, 0.3) is 11.8 Å². The number of amides is 2. The third-order valence-electron chi connectivity index (χ3n) is 15.1. The van der Waals surface area contributed by atoms with Crippen molar-refractivity contribution in [3.63, 3.8) is 0 Å². The predicted octanol–water partition coefficient (Wildman–Crippen LogP) is 10.9. The third-order valence-corrected chi connectivity index (χ3v) is 15.1. The van der Waals surface area contributed by atoms with E-state index >= 15 is 0 Å². The van der Waals surface area contributed by atoms with Crippen LogP contribution in [0.15, 0.2) is 48.5 Å². The van der Waals surface area contributed by atoms with Crippen molar-refractivity contribution in [2.75, 3.05) is 65.6 Å². The Balaban J connectivity index is 1.39. The van der Waals surface area contributed by atoms with Gasteiger partial charge in [-0.05, 0) is 140 Å². The topological polar surface area (TPSA) is 124 Å². The maximum absolute atomic E-state index is 13.7. The summed E-state index contributed by atoms with van der Waals surface area (Å²) >= 11 is 0. The summed E-state index contributed by atoms with van der Waals surface area (Å²) in [5, 5.41) is 31.6. The van der Waals surface area contributed by atoms with E-state index < -0.39 is 0 Å². The Morgan fingerprint density at radius 3 is 0.931 bits per heavy atom. The molecule has 4 N–H and O–H groups in total. The highest BCUT2D eigenvalue weighted by molar-refractivity contribution is 5.78. The van der Waals surface area contributed by atoms with Crippen molar-refractivity contribution < 1.29 is 29.3 Å². The van der Waals surface area contributed by atoms with E-state index in [9.17, 15) is 19.8 Å². The van der Waals surface area contributed by atoms with Gasteiger partial charge in [-0.15, -0.1) is 0 Å². The van der Waals surface area contributed by atoms with E-state index in [4.69, 9.17) is 9.47 Å². The average molecular weight is 985 g/mol. The minimum Gasteiger partial charge on any atom is -0.507 e. The summed E-state index contributed by atoms with van der Waals surface area (Å²) in [6.07, 6.45) is 8.62. The summed E-state index contributed by atoms with van der Waals surface area (Å²) in [5.41, 5.74) is 9.71. The molecule has 4 aromatic carbocycles. The molecular formula is C62H88N4O6. The standard InChI is InChI=1S/C62H88N4O6/c1-59(2,3)49-31-41-27-45-35-51(61(7,8)9)37-47(57(45)71-39-53(67)63-19-25-65-21-15-13-16-22-65)29-43-33-50(60(4,5)6)34-44(56(43)70)30-48-38-52(62(10,11)12)36-46(28-42(32-49)55(41)69)58(48)72-40-54(68)64-20-26-66-23-17-14-18-24-66/h31-38,69-70H,13-30,39-40H2,1-12H3,(H,63,67)(H,64,68). The summed E-state index contributed by atoms with van der Waals surface area (Å²) in [4.78, 5) is 32.1. The van der Waals surface area contributed by atoms with E-state index in [-0.39, 0.29) is 58.2 Å². The molecular weight excluding hydrogens is 897 g/mol. The van der Waals surface area contributed by atoms with Crippen molar-refractivity contribution in [1.82, 2.24) is 20.4 Å². The zero-order valence-electron chi connectivity index (χ0n) is 46.2. The predicted molar refractivity (Wildman–Crippen MR) is 293 cm³/mol. The normalized spacial score (nSPS) is 16.3. The van der Waals surface area contributed by atoms with E-state index in [0.29, 0.717) is 50.3 Å². The molecule has 0 aromatic heterocycles. The number of nitrogens with zero attached hydrogens (tertiary/aromatic N) is 2. The Morgan fingerprint density at radius 2 is 0.681 bits per heavy atom. The smallest absolute Gasteiger partial charge is 0.257 e. The Bertz CT molecular complexity index is 2280. The van der Waals surface area contributed by atoms with Gasteiger partial charge in [0.15, 0.2) is 13.2 Å². The van der Waals surface area contributed by atoms with Crippen LogP contribution in [0.1, 0.15) is 188 Å². The molecule has 1 aliphatic carbocycles. The van der Waals surface area contributed by atoms with Crippen LogP contribution in [0.4, 0.5) is 0 Å². The van der Waals surface area contributed by atoms with Crippen LogP contribution in [0.3, 0.4) is 0 Å². The molecule has 2 heterocycles. The first-order valence-corrected chi connectivity index (χ1v) is 27.1. The van der Waals surface area contributed by atoms with Gasteiger partial charge in [0, 0.05) is 51.9 Å². The third kappa shape index (κ3) is 14.2. The van der Waals surface area contributed by atoms with Gasteiger partial charge in [-0.25, -0.2) is 0 Å². The van der Waals surface area contributed by atoms with Crippen molar-refractivity contribution in [3.8, 4) is 23.0 Å². The lowest BCUT2D eigenvalue weighted by atomic mass is 9.79. The van der Waals surface area contributed by atoms with Crippen LogP contribution in [0.2, 0.25) is 0 Å². The number of likely N-dealkylation sites (tertiary alicyclic amines) is 2. The summed E-state index contributed by atoms with van der Waals surface area (Å²) in [7, 11) is 0. The summed E-state index contributed by atoms with van der Waals surface area (Å²) in [6, 6.07) is 17.2. The maximum atomic E-state index is 13.7. The van der Waals surface area contributed by atoms with Gasteiger partial charge in [-0.3, -0.25) is 9.59 Å². The van der Waals surface area contributed by atoms with Gasteiger partial charge >= 0.3 is 0 Å². The summed E-state index contributed by atoms with van der Waals surface area (Å²) < 4.78 is 13.5. The first-order chi connectivity index (χ1) is 33.8. The van der Waals surface area contributed by atoms with E-state index in [2.05, 4.69) is 152 Å². The lowest BCUT2D eigenvalue weighted by Gasteiger charge is -2.28. The van der Waals surface area contributed by atoms with Crippen LogP contribution in [-0.4, -0.2) is 97.4 Å². The van der Waals surface area contributed by atoms with Gasteiger partial charge in [0.1, 0.15) is 23.0 Å². The number of nitrogens with one attached hydrogen (secondary N) is 2. The zero-order chi connectivity index (χ0) is 52.2. The van der Waals surface area contributed by atoms with Gasteiger partial charge in [-0.2, -0.15) is 0 Å². The quantitative estimate of drug-likeness (QED) is 0.0975. The Kier molecular flexibility index (Phi) is 17.2. The van der Waals surface area contributed by atoms with Crippen molar-refractivity contribution in [2.45, 2.75) is 169 Å². The van der Waals surface area contributed by atoms with Crippen molar-refractivity contribution >= 4 is 11.8 Å². The molecule has 3 aliphatic rings. The van der Waals surface area contributed by atoms with E-state index in [1.165, 1.54) is 38.5 Å². The number of piperidine rings is 2. The summed E-state index contributed by atoms with van der Waals surface area (Å²) in [5.74, 6) is 1.21. The number of benzene rings is 4. The average Bonchev–Trinajstić information content (AvgIpc) is 3.29. The fourth-order valence-corrected chi connectivity index (χ4v) is 10.5. The number of hydrogen-bond donors (Lipinski definition) is 4. The molecule has 72 heavy (non-hydrogen) atoms. The van der Waals surface area contributed by atoms with Gasteiger partial charge in [0.05, 0.1) is 0 Å². The Labute approximate surface area is 432 Å². The molecule has 10 nitrogen and oxygen atoms in total. The first kappa shape index (κ1) is 54.7. The van der Waals surface area contributed by atoms with E-state index in [0.717, 1.165) is 106 Å². The van der Waals surface area contributed by atoms with Crippen LogP contribution in [0, 0.1) is 0 Å². The van der Waals surface area contributed by atoms with Crippen molar-refractivity contribution in [2.24, 2.45) is 0 Å². The number of hydrogen-bond acceptors (Lipinski definition) is 8. The number of phenolic OH excluding ortho intramolecular Hbond substituents is 2. The minimum atomic E-state index is -0.267. The van der Waals surface area contributed by atoms with Crippen LogP contribution in [-0.2, 0) is 56.9 Å². The van der Waals surface area contributed by atoms with Crippen LogP contribution >= 0.6 is 0 Å². The van der Waals surface area contributed by atoms with Gasteiger partial charge < -0.3 is 40.1 Å². The maximum Gasteiger partial charge on any atom is 0.257 e. The lowest BCUT2D eigenvalue weighted by molar-refractivity contribution is -0.123. The molecule has 2 aliphatic heterocycles. The molecule has 4 aromatic rings. The summed E-state index contributed by atoms with van der Waals surface area (Å²) in [6.45, 7) is 33.0. The largest absolute Gasteiger partial charge is 0.507 e. The highest BCUT2D eigenvalue weighted by Crippen LogP contribution is 2.44. The molecule has 7 rings (SSSR count). The second-order valence-electron chi connectivity index (χ2n) is 25.3. The molecule has 0 spiro atoms. The van der Waals surface area contributed by atoms with Crippen LogP contribution in [0.25, 0.3) is 0 Å². The fraction of sp³-hybridized carbons (Fsp3) is 0.581. The SMILES string of the molecule is CC(C)(C)c1cc2c(O)c(c1)Cc1cc(C(C)(C)C)cc(c1OCC(=O)NCCN1CCCCC1)Cc1cc(C(C)(C)C)cc(c1O)Cc1cc(C(C)(C)C)cc(c1OCC(=O)NCCN1CCCCC1)C2. The minimum absolute atomic E-state index is 0.169. The number of phenols is 2. The molecule has 10 heteroatoms. The van der Waals surface area contributed by atoms with Gasteiger partial charge in [0.2, 0.25) is 0 Å². The molecule has 0 saturated carbocycles. The number of ether oxygens (including phenoxy) is 2. The lowest BCUT2D eigenvalue weighted by Crippen LogP contribution is -2.39. The van der Waals surface area contributed by atoms with Crippen LogP contribution in [0.5, 0.6) is 23.0 Å². The highest BCUT2D eigenvalue weighted by Gasteiger charge is 2.29. The van der Waals surface area contributed by atoms with E-state index in [1.807, 2.05) is 0 Å². The molecule has 2 fully saturated rings. The number of fused-ring (bicyclic) bond motifs is 8. The number of carbonyl (C=O) groups excluding carboxylic acids is 2. The Hall–Kier alpha value is -5.06. The molecule has 2 saturated heterocycles. The first-order valence-electron chi connectivity index (χ1n) is 27.1. The second-order valence-corrected chi connectivity index (χ2v) is 25.3. The number of aromatic hydroxyl groups is 2. The molecule has 0 radical (unpaired) electrons. The second kappa shape index (κ2) is 22.6. The number of carbonyl (C=O) groups is 2. The zero-order valence-corrected chi connectivity index (χ0v) is 46.2. The Morgan fingerprint density at radius 1 is 0.431 bits per heavy atom.